The highest BCUT2D eigenvalue weighted by Gasteiger charge is 2.22. The lowest BCUT2D eigenvalue weighted by molar-refractivity contribution is -0.137. The minimum Gasteiger partial charge on any atom is -0.355 e. The van der Waals surface area contributed by atoms with E-state index in [9.17, 15) is 14.4 Å². The number of hydrogen-bond donors (Lipinski definition) is 1. The molecule has 0 bridgehead atoms. The molecular formula is C8H10N2O3. The Bertz CT molecular complexity index is 265. The summed E-state index contributed by atoms with van der Waals surface area (Å²) in [7, 11) is 0. The fourth-order valence-corrected chi connectivity index (χ4v) is 0.995. The average molecular weight is 182 g/mol. The normalized spacial score (nSPS) is 15.3. The first-order valence-corrected chi connectivity index (χ1v) is 3.89. The highest BCUT2D eigenvalue weighted by Crippen LogP contribution is 2.01. The Balaban J connectivity index is 2.34. The molecule has 0 fully saturated rings. The van der Waals surface area contributed by atoms with Gasteiger partial charge in [-0.1, -0.05) is 0 Å². The SMILES string of the molecule is CC(=O)NCCN1C(=O)C=CC1=O. The summed E-state index contributed by atoms with van der Waals surface area (Å²) in [5.74, 6) is -0.822. The monoisotopic (exact) mass is 182 g/mol. The zero-order chi connectivity index (χ0) is 9.84. The van der Waals surface area contributed by atoms with Gasteiger partial charge in [-0.25, -0.2) is 0 Å². The molecule has 0 saturated heterocycles. The maximum atomic E-state index is 11.0. The number of carbonyl (C=O) groups is 3. The molecule has 0 unspecified atom stereocenters. The average Bonchev–Trinajstić information content (AvgIpc) is 2.34. The van der Waals surface area contributed by atoms with Crippen molar-refractivity contribution < 1.29 is 14.4 Å². The van der Waals surface area contributed by atoms with Crippen LogP contribution in [-0.4, -0.2) is 35.7 Å². The maximum Gasteiger partial charge on any atom is 0.253 e. The Labute approximate surface area is 75.4 Å². The molecular weight excluding hydrogens is 172 g/mol. The minimum absolute atomic E-state index is 0.174. The molecule has 3 amide bonds. The van der Waals surface area contributed by atoms with Crippen molar-refractivity contribution in [3.63, 3.8) is 0 Å². The number of hydrogen-bond acceptors (Lipinski definition) is 3. The highest BCUT2D eigenvalue weighted by atomic mass is 16.2. The summed E-state index contributed by atoms with van der Waals surface area (Å²) in [6, 6.07) is 0. The van der Waals surface area contributed by atoms with Crippen molar-refractivity contribution in [2.45, 2.75) is 6.92 Å². The van der Waals surface area contributed by atoms with E-state index < -0.39 is 0 Å². The first-order chi connectivity index (χ1) is 6.11. The number of carbonyl (C=O) groups excluding carboxylic acids is 3. The standard InChI is InChI=1S/C8H10N2O3/c1-6(11)9-4-5-10-7(12)2-3-8(10)13/h2-3H,4-5H2,1H3,(H,9,11). The third-order valence-electron chi connectivity index (χ3n) is 1.61. The van der Waals surface area contributed by atoms with E-state index >= 15 is 0 Å². The molecule has 5 heteroatoms. The summed E-state index contributed by atoms with van der Waals surface area (Å²) in [6.07, 6.45) is 2.44. The lowest BCUT2D eigenvalue weighted by Gasteiger charge is -2.13. The molecule has 0 aliphatic carbocycles. The van der Waals surface area contributed by atoms with Gasteiger partial charge in [0.05, 0.1) is 0 Å². The van der Waals surface area contributed by atoms with Crippen LogP contribution < -0.4 is 5.32 Å². The molecule has 0 radical (unpaired) electrons. The second kappa shape index (κ2) is 3.84. The van der Waals surface area contributed by atoms with Crippen molar-refractivity contribution in [2.24, 2.45) is 0 Å². The van der Waals surface area contributed by atoms with Gasteiger partial charge in [0.1, 0.15) is 0 Å². The van der Waals surface area contributed by atoms with Gasteiger partial charge in [-0.05, 0) is 0 Å². The van der Waals surface area contributed by atoms with Gasteiger partial charge in [0.25, 0.3) is 11.8 Å². The van der Waals surface area contributed by atoms with Gasteiger partial charge in [0, 0.05) is 32.2 Å². The molecule has 0 aromatic rings. The lowest BCUT2D eigenvalue weighted by Crippen LogP contribution is -2.37. The van der Waals surface area contributed by atoms with E-state index in [-0.39, 0.29) is 24.3 Å². The Kier molecular flexibility index (Phi) is 2.79. The van der Waals surface area contributed by atoms with Gasteiger partial charge >= 0.3 is 0 Å². The van der Waals surface area contributed by atoms with Crippen molar-refractivity contribution in [3.05, 3.63) is 12.2 Å². The van der Waals surface area contributed by atoms with Gasteiger partial charge in [0.2, 0.25) is 5.91 Å². The van der Waals surface area contributed by atoms with Crippen molar-refractivity contribution in [1.82, 2.24) is 10.2 Å². The van der Waals surface area contributed by atoms with Gasteiger partial charge < -0.3 is 5.32 Å². The van der Waals surface area contributed by atoms with E-state index in [0.717, 1.165) is 4.90 Å². The predicted octanol–water partition coefficient (Wildman–Crippen LogP) is -0.953. The van der Waals surface area contributed by atoms with E-state index in [1.807, 2.05) is 0 Å². The lowest BCUT2D eigenvalue weighted by atomic mass is 10.5. The van der Waals surface area contributed by atoms with E-state index in [4.69, 9.17) is 0 Å². The van der Waals surface area contributed by atoms with Crippen LogP contribution >= 0.6 is 0 Å². The fourth-order valence-electron chi connectivity index (χ4n) is 0.995. The summed E-state index contributed by atoms with van der Waals surface area (Å²) in [5, 5.41) is 2.50. The molecule has 5 nitrogen and oxygen atoms in total. The minimum atomic E-state index is -0.324. The van der Waals surface area contributed by atoms with Crippen molar-refractivity contribution in [3.8, 4) is 0 Å². The Morgan fingerprint density at radius 3 is 2.38 bits per heavy atom. The van der Waals surface area contributed by atoms with Crippen molar-refractivity contribution in [1.29, 1.82) is 0 Å². The number of nitrogens with one attached hydrogen (secondary N) is 1. The molecule has 0 saturated carbocycles. The second-order valence-corrected chi connectivity index (χ2v) is 2.64. The van der Waals surface area contributed by atoms with E-state index in [1.54, 1.807) is 0 Å². The number of imide groups is 1. The first kappa shape index (κ1) is 9.44. The second-order valence-electron chi connectivity index (χ2n) is 2.64. The van der Waals surface area contributed by atoms with Crippen molar-refractivity contribution >= 4 is 17.7 Å². The Morgan fingerprint density at radius 1 is 1.38 bits per heavy atom. The molecule has 70 valence electrons. The van der Waals surface area contributed by atoms with E-state index in [1.165, 1.54) is 19.1 Å². The van der Waals surface area contributed by atoms with Crippen molar-refractivity contribution in [2.75, 3.05) is 13.1 Å². The molecule has 1 aliphatic heterocycles. The summed E-state index contributed by atoms with van der Waals surface area (Å²) < 4.78 is 0. The molecule has 1 aliphatic rings. The number of amides is 3. The molecule has 1 N–H and O–H groups in total. The molecule has 0 atom stereocenters. The predicted molar refractivity (Wildman–Crippen MR) is 44.5 cm³/mol. The fraction of sp³-hybridized carbons (Fsp3) is 0.375. The van der Waals surface area contributed by atoms with Crippen LogP contribution in [0.1, 0.15) is 6.92 Å². The zero-order valence-electron chi connectivity index (χ0n) is 7.24. The molecule has 0 aromatic carbocycles. The van der Waals surface area contributed by atoms with Crippen LogP contribution in [0, 0.1) is 0 Å². The summed E-state index contributed by atoms with van der Waals surface area (Å²) in [6.45, 7) is 1.91. The molecule has 1 heterocycles. The highest BCUT2D eigenvalue weighted by molar-refractivity contribution is 6.12. The number of rotatable bonds is 3. The van der Waals surface area contributed by atoms with E-state index in [2.05, 4.69) is 5.32 Å². The van der Waals surface area contributed by atoms with Crippen LogP contribution in [0.3, 0.4) is 0 Å². The third kappa shape index (κ3) is 2.40. The number of nitrogens with zero attached hydrogens (tertiary/aromatic N) is 1. The topological polar surface area (TPSA) is 66.5 Å². The van der Waals surface area contributed by atoms with Gasteiger partial charge in [-0.3, -0.25) is 19.3 Å². The Hall–Kier alpha value is -1.65. The smallest absolute Gasteiger partial charge is 0.253 e. The van der Waals surface area contributed by atoms with Crippen LogP contribution in [0.25, 0.3) is 0 Å². The largest absolute Gasteiger partial charge is 0.355 e. The third-order valence-corrected chi connectivity index (χ3v) is 1.61. The molecule has 0 spiro atoms. The van der Waals surface area contributed by atoms with E-state index in [0.29, 0.717) is 6.54 Å². The maximum absolute atomic E-state index is 11.0. The van der Waals surface area contributed by atoms with Gasteiger partial charge in [0.15, 0.2) is 0 Å². The summed E-state index contributed by atoms with van der Waals surface area (Å²) in [4.78, 5) is 33.5. The van der Waals surface area contributed by atoms with Gasteiger partial charge in [-0.2, -0.15) is 0 Å². The van der Waals surface area contributed by atoms with Gasteiger partial charge in [-0.15, -0.1) is 0 Å². The zero-order valence-corrected chi connectivity index (χ0v) is 7.24. The first-order valence-electron chi connectivity index (χ1n) is 3.89. The van der Waals surface area contributed by atoms with Crippen LogP contribution in [0.4, 0.5) is 0 Å². The molecule has 13 heavy (non-hydrogen) atoms. The molecule has 1 rings (SSSR count). The molecule has 0 aromatic heterocycles. The van der Waals surface area contributed by atoms with Crippen LogP contribution in [0.5, 0.6) is 0 Å². The van der Waals surface area contributed by atoms with Crippen LogP contribution in [-0.2, 0) is 14.4 Å². The quantitative estimate of drug-likeness (QED) is 0.572. The summed E-state index contributed by atoms with van der Waals surface area (Å²) in [5.41, 5.74) is 0. The van der Waals surface area contributed by atoms with Crippen LogP contribution in [0.15, 0.2) is 12.2 Å². The van der Waals surface area contributed by atoms with Crippen LogP contribution in [0.2, 0.25) is 0 Å². The summed E-state index contributed by atoms with van der Waals surface area (Å²) >= 11 is 0. The Morgan fingerprint density at radius 2 is 1.92 bits per heavy atom.